The maximum Gasteiger partial charge on any atom is 0.188 e. The van der Waals surface area contributed by atoms with Crippen LogP contribution in [-0.2, 0) is 12.8 Å². The van der Waals surface area contributed by atoms with E-state index in [1.54, 1.807) is 32.7 Å². The number of ether oxygens (including phenoxy) is 3. The Balaban J connectivity index is 0.00000338. The number of hydrogen-bond acceptors (Lipinski definition) is 5. The Bertz CT molecular complexity index is 668. The Labute approximate surface area is 175 Å². The molecular formula is C18H26IN3O3S. The van der Waals surface area contributed by atoms with Gasteiger partial charge >= 0.3 is 0 Å². The molecule has 1 heterocycles. The molecule has 0 bridgehead atoms. The molecule has 0 aliphatic heterocycles. The summed E-state index contributed by atoms with van der Waals surface area (Å²) < 4.78 is 16.1. The zero-order valence-corrected chi connectivity index (χ0v) is 18.4. The van der Waals surface area contributed by atoms with Crippen molar-refractivity contribution < 1.29 is 14.2 Å². The predicted molar refractivity (Wildman–Crippen MR) is 118 cm³/mol. The largest absolute Gasteiger partial charge is 0.496 e. The second kappa shape index (κ2) is 11.8. The van der Waals surface area contributed by atoms with Crippen molar-refractivity contribution in [1.29, 1.82) is 0 Å². The third-order valence-electron chi connectivity index (χ3n) is 3.72. The number of hydrogen-bond donors (Lipinski definition) is 2. The molecule has 26 heavy (non-hydrogen) atoms. The van der Waals surface area contributed by atoms with Gasteiger partial charge in [-0.1, -0.05) is 6.07 Å². The van der Waals surface area contributed by atoms with E-state index in [2.05, 4.69) is 21.8 Å². The lowest BCUT2D eigenvalue weighted by Crippen LogP contribution is -2.33. The molecule has 1 aromatic heterocycles. The van der Waals surface area contributed by atoms with E-state index in [4.69, 9.17) is 19.9 Å². The number of thiophene rings is 1. The number of rotatable bonds is 9. The molecule has 0 saturated carbocycles. The molecule has 0 amide bonds. The van der Waals surface area contributed by atoms with Crippen LogP contribution in [0, 0.1) is 0 Å². The van der Waals surface area contributed by atoms with E-state index in [9.17, 15) is 0 Å². The molecule has 144 valence electrons. The molecule has 0 radical (unpaired) electrons. The van der Waals surface area contributed by atoms with Gasteiger partial charge < -0.3 is 25.3 Å². The fourth-order valence-electron chi connectivity index (χ4n) is 2.44. The molecule has 1 aromatic carbocycles. The second-order valence-corrected chi connectivity index (χ2v) is 6.32. The van der Waals surface area contributed by atoms with Gasteiger partial charge in [-0.25, -0.2) is 0 Å². The van der Waals surface area contributed by atoms with Crippen LogP contribution in [0.5, 0.6) is 17.2 Å². The van der Waals surface area contributed by atoms with Crippen LogP contribution in [0.4, 0.5) is 0 Å². The minimum atomic E-state index is 0. The third-order valence-corrected chi connectivity index (χ3v) is 4.65. The Morgan fingerprint density at radius 1 is 1.12 bits per heavy atom. The molecule has 0 unspecified atom stereocenters. The molecular weight excluding hydrogens is 465 g/mol. The van der Waals surface area contributed by atoms with Crippen LogP contribution in [0.1, 0.15) is 10.4 Å². The standard InChI is InChI=1S/C18H25N3O3S.HI/c1-22-13-11-16(23-2)15(17(12-13)24-3)7-9-21-18(19)20-8-6-14-5-4-10-25-14;/h4-5,10-12H,6-9H2,1-3H3,(H3,19,20,21);1H. The average molecular weight is 491 g/mol. The number of nitrogens with two attached hydrogens (primary N) is 1. The van der Waals surface area contributed by atoms with E-state index in [1.165, 1.54) is 4.88 Å². The van der Waals surface area contributed by atoms with Crippen LogP contribution >= 0.6 is 35.3 Å². The smallest absolute Gasteiger partial charge is 0.188 e. The van der Waals surface area contributed by atoms with Gasteiger partial charge in [0, 0.05) is 42.1 Å². The molecule has 3 N–H and O–H groups in total. The van der Waals surface area contributed by atoms with Gasteiger partial charge in [0.05, 0.1) is 21.3 Å². The fourth-order valence-corrected chi connectivity index (χ4v) is 3.14. The average Bonchev–Trinajstić information content (AvgIpc) is 3.14. The van der Waals surface area contributed by atoms with Crippen LogP contribution < -0.4 is 25.3 Å². The molecule has 2 aromatic rings. The fraction of sp³-hybridized carbons (Fsp3) is 0.389. The van der Waals surface area contributed by atoms with Crippen molar-refractivity contribution in [2.24, 2.45) is 10.7 Å². The van der Waals surface area contributed by atoms with Crippen molar-refractivity contribution in [3.05, 3.63) is 40.1 Å². The van der Waals surface area contributed by atoms with E-state index in [0.717, 1.165) is 23.5 Å². The summed E-state index contributed by atoms with van der Waals surface area (Å²) in [7, 11) is 4.87. The van der Waals surface area contributed by atoms with E-state index < -0.39 is 0 Å². The summed E-state index contributed by atoms with van der Waals surface area (Å²) in [5.74, 6) is 2.60. The predicted octanol–water partition coefficient (Wildman–Crippen LogP) is 3.08. The quantitative estimate of drug-likeness (QED) is 0.320. The first-order chi connectivity index (χ1) is 12.2. The molecule has 0 atom stereocenters. The van der Waals surface area contributed by atoms with Gasteiger partial charge in [0.1, 0.15) is 17.2 Å². The number of halogens is 1. The van der Waals surface area contributed by atoms with Crippen molar-refractivity contribution in [3.8, 4) is 17.2 Å². The van der Waals surface area contributed by atoms with Gasteiger partial charge in [0.25, 0.3) is 0 Å². The number of methoxy groups -OCH3 is 3. The van der Waals surface area contributed by atoms with Crippen molar-refractivity contribution >= 4 is 41.3 Å². The highest BCUT2D eigenvalue weighted by Crippen LogP contribution is 2.34. The van der Waals surface area contributed by atoms with Crippen LogP contribution in [0.2, 0.25) is 0 Å². The van der Waals surface area contributed by atoms with Gasteiger partial charge in [-0.2, -0.15) is 0 Å². The summed E-state index contributed by atoms with van der Waals surface area (Å²) in [5, 5.41) is 5.20. The molecule has 2 rings (SSSR count). The van der Waals surface area contributed by atoms with E-state index in [1.807, 2.05) is 18.2 Å². The topological polar surface area (TPSA) is 78.1 Å². The highest BCUT2D eigenvalue weighted by Gasteiger charge is 2.13. The number of guanidine groups is 1. The molecule has 0 spiro atoms. The Morgan fingerprint density at radius 2 is 1.81 bits per heavy atom. The van der Waals surface area contributed by atoms with Crippen molar-refractivity contribution in [1.82, 2.24) is 5.32 Å². The summed E-state index contributed by atoms with van der Waals surface area (Å²) >= 11 is 1.73. The zero-order chi connectivity index (χ0) is 18.1. The summed E-state index contributed by atoms with van der Waals surface area (Å²) in [6.07, 6.45) is 1.59. The first kappa shape index (κ1) is 22.4. The third kappa shape index (κ3) is 6.56. The highest BCUT2D eigenvalue weighted by atomic mass is 127. The van der Waals surface area contributed by atoms with Crippen LogP contribution in [0.25, 0.3) is 0 Å². The van der Waals surface area contributed by atoms with Crippen LogP contribution in [0.3, 0.4) is 0 Å². The molecule has 0 aliphatic carbocycles. The Kier molecular flexibility index (Phi) is 10.2. The van der Waals surface area contributed by atoms with Crippen molar-refractivity contribution in [3.63, 3.8) is 0 Å². The monoisotopic (exact) mass is 491 g/mol. The van der Waals surface area contributed by atoms with Crippen LogP contribution in [-0.4, -0.2) is 40.4 Å². The summed E-state index contributed by atoms with van der Waals surface area (Å²) in [5.41, 5.74) is 6.89. The molecule has 8 heteroatoms. The lowest BCUT2D eigenvalue weighted by atomic mass is 10.1. The number of benzene rings is 1. The van der Waals surface area contributed by atoms with Crippen molar-refractivity contribution in [2.45, 2.75) is 12.8 Å². The summed E-state index contributed by atoms with van der Waals surface area (Å²) in [6, 6.07) is 7.83. The molecule has 0 fully saturated rings. The van der Waals surface area contributed by atoms with Crippen molar-refractivity contribution in [2.75, 3.05) is 34.4 Å². The van der Waals surface area contributed by atoms with Gasteiger partial charge in [0.2, 0.25) is 0 Å². The lowest BCUT2D eigenvalue weighted by Gasteiger charge is -2.15. The van der Waals surface area contributed by atoms with Gasteiger partial charge in [-0.15, -0.1) is 35.3 Å². The minimum absolute atomic E-state index is 0. The van der Waals surface area contributed by atoms with E-state index in [-0.39, 0.29) is 24.0 Å². The number of nitrogens with zero attached hydrogens (tertiary/aromatic N) is 1. The minimum Gasteiger partial charge on any atom is -0.496 e. The highest BCUT2D eigenvalue weighted by molar-refractivity contribution is 14.0. The van der Waals surface area contributed by atoms with Gasteiger partial charge in [0.15, 0.2) is 5.96 Å². The van der Waals surface area contributed by atoms with Gasteiger partial charge in [-0.3, -0.25) is 4.99 Å². The first-order valence-electron chi connectivity index (χ1n) is 8.03. The maximum absolute atomic E-state index is 5.92. The Hall–Kier alpha value is -1.68. The SMILES string of the molecule is COc1cc(OC)c(CCNC(N)=NCCc2cccs2)c(OC)c1.I. The number of nitrogens with one attached hydrogen (secondary N) is 1. The summed E-state index contributed by atoms with van der Waals surface area (Å²) in [4.78, 5) is 5.66. The normalized spacial score (nSPS) is 10.8. The Morgan fingerprint density at radius 3 is 2.35 bits per heavy atom. The number of aliphatic imine (C=N–C) groups is 1. The molecule has 0 saturated heterocycles. The molecule has 0 aliphatic rings. The maximum atomic E-state index is 5.92. The molecule has 6 nitrogen and oxygen atoms in total. The first-order valence-corrected chi connectivity index (χ1v) is 8.91. The lowest BCUT2D eigenvalue weighted by molar-refractivity contribution is 0.368. The van der Waals surface area contributed by atoms with Crippen LogP contribution in [0.15, 0.2) is 34.6 Å². The van der Waals surface area contributed by atoms with E-state index >= 15 is 0 Å². The van der Waals surface area contributed by atoms with Gasteiger partial charge in [-0.05, 0) is 17.9 Å². The second-order valence-electron chi connectivity index (χ2n) is 5.28. The summed E-state index contributed by atoms with van der Waals surface area (Å²) in [6.45, 7) is 1.31. The zero-order valence-electron chi connectivity index (χ0n) is 15.3. The van der Waals surface area contributed by atoms with E-state index in [0.29, 0.717) is 31.2 Å².